The van der Waals surface area contributed by atoms with Crippen molar-refractivity contribution in [1.29, 1.82) is 0 Å². The van der Waals surface area contributed by atoms with Crippen LogP contribution in [0.5, 0.6) is 0 Å². The van der Waals surface area contributed by atoms with Crippen molar-refractivity contribution in [3.8, 4) is 0 Å². The maximum Gasteiger partial charge on any atom is 0.410 e. The van der Waals surface area contributed by atoms with E-state index in [0.29, 0.717) is 12.8 Å². The smallest absolute Gasteiger partial charge is 0.410 e. The number of rotatable bonds is 2. The summed E-state index contributed by atoms with van der Waals surface area (Å²) in [6.07, 6.45) is 0.737. The Morgan fingerprint density at radius 1 is 1.18 bits per heavy atom. The van der Waals surface area contributed by atoms with Crippen molar-refractivity contribution in [2.24, 2.45) is 5.92 Å². The second-order valence-electron chi connectivity index (χ2n) is 6.67. The fraction of sp³-hybridized carbons (Fsp3) is 0.529. The minimum absolute atomic E-state index is 0.133. The summed E-state index contributed by atoms with van der Waals surface area (Å²) in [6, 6.07) is 9.56. The fourth-order valence-electron chi connectivity index (χ4n) is 2.72. The molecule has 2 atom stereocenters. The van der Waals surface area contributed by atoms with Gasteiger partial charge in [-0.3, -0.25) is 4.79 Å². The predicted molar refractivity (Wildman–Crippen MR) is 82.5 cm³/mol. The van der Waals surface area contributed by atoms with Gasteiger partial charge < -0.3 is 14.7 Å². The zero-order valence-electron chi connectivity index (χ0n) is 13.3. The van der Waals surface area contributed by atoms with E-state index in [1.807, 2.05) is 30.3 Å². The fourth-order valence-corrected chi connectivity index (χ4v) is 2.72. The highest BCUT2D eigenvalue weighted by Gasteiger charge is 2.37. The molecule has 1 saturated heterocycles. The van der Waals surface area contributed by atoms with Gasteiger partial charge in [-0.2, -0.15) is 0 Å². The Morgan fingerprint density at radius 3 is 2.36 bits per heavy atom. The molecule has 5 nitrogen and oxygen atoms in total. The molecule has 1 amide bonds. The van der Waals surface area contributed by atoms with Crippen molar-refractivity contribution in [2.75, 3.05) is 6.54 Å². The summed E-state index contributed by atoms with van der Waals surface area (Å²) < 4.78 is 5.45. The summed E-state index contributed by atoms with van der Waals surface area (Å²) in [5.41, 5.74) is 0.409. The first-order valence-corrected chi connectivity index (χ1v) is 7.55. The molecule has 0 spiro atoms. The molecule has 1 fully saturated rings. The summed E-state index contributed by atoms with van der Waals surface area (Å²) >= 11 is 0. The molecule has 0 bridgehead atoms. The number of hydrogen-bond acceptors (Lipinski definition) is 3. The van der Waals surface area contributed by atoms with Gasteiger partial charge in [0, 0.05) is 6.54 Å². The zero-order valence-corrected chi connectivity index (χ0v) is 13.3. The van der Waals surface area contributed by atoms with Crippen LogP contribution in [0, 0.1) is 5.92 Å². The number of nitrogens with zero attached hydrogens (tertiary/aromatic N) is 1. The Labute approximate surface area is 130 Å². The van der Waals surface area contributed by atoms with Gasteiger partial charge in [-0.1, -0.05) is 30.3 Å². The largest absolute Gasteiger partial charge is 0.481 e. The number of ether oxygens (including phenoxy) is 1. The minimum atomic E-state index is -0.861. The van der Waals surface area contributed by atoms with Crippen LogP contribution >= 0.6 is 0 Å². The molecule has 1 N–H and O–H groups in total. The second kappa shape index (κ2) is 6.38. The molecule has 1 aliphatic rings. The first-order chi connectivity index (χ1) is 10.3. The van der Waals surface area contributed by atoms with Gasteiger partial charge in [-0.05, 0) is 39.2 Å². The number of benzene rings is 1. The number of carbonyl (C=O) groups excluding carboxylic acids is 1. The van der Waals surface area contributed by atoms with Crippen molar-refractivity contribution in [3.63, 3.8) is 0 Å². The first kappa shape index (κ1) is 16.3. The lowest BCUT2D eigenvalue weighted by Crippen LogP contribution is -2.46. The average molecular weight is 305 g/mol. The topological polar surface area (TPSA) is 66.8 Å². The molecule has 5 heteroatoms. The van der Waals surface area contributed by atoms with Crippen LogP contribution in [-0.2, 0) is 9.53 Å². The van der Waals surface area contributed by atoms with Crippen LogP contribution in [0.4, 0.5) is 4.79 Å². The monoisotopic (exact) mass is 305 g/mol. The van der Waals surface area contributed by atoms with Gasteiger partial charge >= 0.3 is 12.1 Å². The Kier molecular flexibility index (Phi) is 4.74. The maximum atomic E-state index is 12.5. The standard InChI is InChI=1S/C17H23NO4/c1-17(2,3)22-16(21)18-11-13(15(19)20)9-10-14(18)12-7-5-4-6-8-12/h4-8,13-14H,9-11H2,1-3H3,(H,19,20)/t13-,14+/m0/s1. The number of carboxylic acids is 1. The molecule has 1 aromatic rings. The van der Waals surface area contributed by atoms with Gasteiger partial charge in [0.15, 0.2) is 0 Å². The van der Waals surface area contributed by atoms with Crippen LogP contribution in [-0.4, -0.2) is 34.2 Å². The third kappa shape index (κ3) is 4.00. The molecule has 0 unspecified atom stereocenters. The summed E-state index contributed by atoms with van der Waals surface area (Å²) in [6.45, 7) is 5.60. The van der Waals surface area contributed by atoms with Crippen LogP contribution < -0.4 is 0 Å². The van der Waals surface area contributed by atoms with Gasteiger partial charge in [0.2, 0.25) is 0 Å². The molecule has 0 saturated carbocycles. The predicted octanol–water partition coefficient (Wildman–Crippen LogP) is 3.46. The summed E-state index contributed by atoms with van der Waals surface area (Å²) in [4.78, 5) is 25.3. The van der Waals surface area contributed by atoms with Gasteiger partial charge in [-0.15, -0.1) is 0 Å². The summed E-state index contributed by atoms with van der Waals surface area (Å²) in [7, 11) is 0. The first-order valence-electron chi connectivity index (χ1n) is 7.55. The molecule has 22 heavy (non-hydrogen) atoms. The number of likely N-dealkylation sites (tertiary alicyclic amines) is 1. The maximum absolute atomic E-state index is 12.5. The van der Waals surface area contributed by atoms with E-state index in [1.165, 1.54) is 0 Å². The van der Waals surface area contributed by atoms with E-state index in [9.17, 15) is 14.7 Å². The normalized spacial score (nSPS) is 22.2. The number of carboxylic acid groups (broad SMARTS) is 1. The molecule has 1 aliphatic heterocycles. The minimum Gasteiger partial charge on any atom is -0.481 e. The van der Waals surface area contributed by atoms with E-state index in [4.69, 9.17) is 4.74 Å². The Hall–Kier alpha value is -2.04. The highest BCUT2D eigenvalue weighted by Crippen LogP contribution is 2.34. The SMILES string of the molecule is CC(C)(C)OC(=O)N1C[C@@H](C(=O)O)CC[C@@H]1c1ccccc1. The van der Waals surface area contributed by atoms with Crippen LogP contribution in [0.25, 0.3) is 0 Å². The number of aliphatic carboxylic acids is 1. The van der Waals surface area contributed by atoms with E-state index >= 15 is 0 Å². The molecule has 120 valence electrons. The van der Waals surface area contributed by atoms with Crippen LogP contribution in [0.2, 0.25) is 0 Å². The zero-order chi connectivity index (χ0) is 16.3. The Balaban J connectivity index is 2.24. The third-order valence-corrected chi connectivity index (χ3v) is 3.74. The van der Waals surface area contributed by atoms with Crippen LogP contribution in [0.15, 0.2) is 30.3 Å². The van der Waals surface area contributed by atoms with E-state index in [1.54, 1.807) is 25.7 Å². The summed E-state index contributed by atoms with van der Waals surface area (Å²) in [5, 5.41) is 9.25. The number of hydrogen-bond donors (Lipinski definition) is 1. The summed E-state index contributed by atoms with van der Waals surface area (Å²) in [5.74, 6) is -1.40. The van der Waals surface area contributed by atoms with Crippen molar-refractivity contribution in [2.45, 2.75) is 45.3 Å². The average Bonchev–Trinajstić information content (AvgIpc) is 2.45. The lowest BCUT2D eigenvalue weighted by atomic mass is 9.89. The van der Waals surface area contributed by atoms with E-state index in [2.05, 4.69) is 0 Å². The lowest BCUT2D eigenvalue weighted by Gasteiger charge is -2.39. The Bertz CT molecular complexity index is 535. The number of carbonyl (C=O) groups is 2. The molecule has 0 radical (unpaired) electrons. The molecule has 0 aliphatic carbocycles. The Morgan fingerprint density at radius 2 is 1.82 bits per heavy atom. The molecular formula is C17H23NO4. The van der Waals surface area contributed by atoms with Crippen molar-refractivity contribution >= 4 is 12.1 Å². The van der Waals surface area contributed by atoms with E-state index in [-0.39, 0.29) is 12.6 Å². The molecular weight excluding hydrogens is 282 g/mol. The highest BCUT2D eigenvalue weighted by molar-refractivity contribution is 5.73. The van der Waals surface area contributed by atoms with Crippen LogP contribution in [0.3, 0.4) is 0 Å². The lowest BCUT2D eigenvalue weighted by molar-refractivity contribution is -0.144. The second-order valence-corrected chi connectivity index (χ2v) is 6.67. The van der Waals surface area contributed by atoms with Gasteiger partial charge in [0.25, 0.3) is 0 Å². The van der Waals surface area contributed by atoms with Crippen molar-refractivity contribution in [3.05, 3.63) is 35.9 Å². The number of amides is 1. The quantitative estimate of drug-likeness (QED) is 0.908. The number of piperidine rings is 1. The third-order valence-electron chi connectivity index (χ3n) is 3.74. The van der Waals surface area contributed by atoms with Crippen molar-refractivity contribution in [1.82, 2.24) is 4.90 Å². The van der Waals surface area contributed by atoms with Gasteiger partial charge in [0.1, 0.15) is 5.60 Å². The molecule has 2 rings (SSSR count). The van der Waals surface area contributed by atoms with Gasteiger partial charge in [0.05, 0.1) is 12.0 Å². The molecule has 0 aromatic heterocycles. The molecule has 1 heterocycles. The van der Waals surface area contributed by atoms with Crippen LogP contribution in [0.1, 0.15) is 45.2 Å². The van der Waals surface area contributed by atoms with Gasteiger partial charge in [-0.25, -0.2) is 4.79 Å². The van der Waals surface area contributed by atoms with Crippen molar-refractivity contribution < 1.29 is 19.4 Å². The molecule has 1 aromatic carbocycles. The van der Waals surface area contributed by atoms with E-state index < -0.39 is 23.6 Å². The van der Waals surface area contributed by atoms with E-state index in [0.717, 1.165) is 5.56 Å². The highest BCUT2D eigenvalue weighted by atomic mass is 16.6.